The Morgan fingerprint density at radius 2 is 2.29 bits per heavy atom. The zero-order valence-electron chi connectivity index (χ0n) is 11.9. The molecule has 1 fully saturated rings. The first-order valence-corrected chi connectivity index (χ1v) is 7.60. The van der Waals surface area contributed by atoms with Gasteiger partial charge in [-0.3, -0.25) is 4.68 Å². The lowest BCUT2D eigenvalue weighted by Gasteiger charge is -2.17. The molecule has 2 aromatic heterocycles. The number of aliphatic hydroxyl groups is 1. The van der Waals surface area contributed by atoms with Crippen LogP contribution in [0.2, 0.25) is 0 Å². The van der Waals surface area contributed by atoms with Crippen molar-refractivity contribution in [1.29, 1.82) is 0 Å². The number of aromatic nitrogens is 4. The van der Waals surface area contributed by atoms with Gasteiger partial charge in [-0.2, -0.15) is 10.2 Å². The third-order valence-corrected chi connectivity index (χ3v) is 4.73. The number of fused-ring (bicyclic) bond motifs is 1. The van der Waals surface area contributed by atoms with Crippen LogP contribution >= 0.6 is 0 Å². The van der Waals surface area contributed by atoms with Gasteiger partial charge in [-0.05, 0) is 19.3 Å². The van der Waals surface area contributed by atoms with Gasteiger partial charge < -0.3 is 10.4 Å². The summed E-state index contributed by atoms with van der Waals surface area (Å²) < 4.78 is 2.03. The molecule has 2 unspecified atom stereocenters. The molecule has 2 atom stereocenters. The van der Waals surface area contributed by atoms with Gasteiger partial charge in [-0.25, -0.2) is 0 Å². The van der Waals surface area contributed by atoms with Crippen molar-refractivity contribution in [3.63, 3.8) is 0 Å². The smallest absolute Gasteiger partial charge is 0.152 e. The van der Waals surface area contributed by atoms with Gasteiger partial charge in [-0.1, -0.05) is 6.42 Å². The van der Waals surface area contributed by atoms with Crippen LogP contribution in [-0.2, 0) is 6.42 Å². The maximum Gasteiger partial charge on any atom is 0.152 e. The van der Waals surface area contributed by atoms with Crippen LogP contribution in [0, 0.1) is 5.92 Å². The molecular weight excluding hydrogens is 266 g/mol. The number of hydrogen-bond acceptors (Lipinski definition) is 5. The second-order valence-corrected chi connectivity index (χ2v) is 5.91. The zero-order chi connectivity index (χ0) is 14.2. The fourth-order valence-electron chi connectivity index (χ4n) is 3.60. The van der Waals surface area contributed by atoms with Crippen LogP contribution in [0.4, 0.5) is 5.82 Å². The first-order valence-electron chi connectivity index (χ1n) is 7.60. The summed E-state index contributed by atoms with van der Waals surface area (Å²) in [6.45, 7) is 1.17. The molecule has 6 nitrogen and oxygen atoms in total. The molecule has 1 saturated carbocycles. The summed E-state index contributed by atoms with van der Waals surface area (Å²) in [5, 5.41) is 25.5. The lowest BCUT2D eigenvalue weighted by Crippen LogP contribution is -2.17. The van der Waals surface area contributed by atoms with Crippen molar-refractivity contribution in [3.8, 4) is 11.1 Å². The molecule has 1 aliphatic heterocycles. The molecular formula is C15H19N5O. The fourth-order valence-corrected chi connectivity index (χ4v) is 3.60. The van der Waals surface area contributed by atoms with Crippen LogP contribution in [0.15, 0.2) is 18.6 Å². The van der Waals surface area contributed by atoms with E-state index >= 15 is 0 Å². The highest BCUT2D eigenvalue weighted by Gasteiger charge is 2.29. The van der Waals surface area contributed by atoms with Crippen LogP contribution < -0.4 is 5.32 Å². The number of hydrogen-bond donors (Lipinski definition) is 2. The minimum absolute atomic E-state index is 0.246. The summed E-state index contributed by atoms with van der Waals surface area (Å²) in [6, 6.07) is 0.324. The number of nitrogens with one attached hydrogen (secondary N) is 1. The fraction of sp³-hybridized carbons (Fsp3) is 0.533. The maximum absolute atomic E-state index is 9.48. The summed E-state index contributed by atoms with van der Waals surface area (Å²) in [6.07, 6.45) is 10.2. The van der Waals surface area contributed by atoms with Crippen molar-refractivity contribution in [1.82, 2.24) is 20.0 Å². The predicted molar refractivity (Wildman–Crippen MR) is 78.9 cm³/mol. The van der Waals surface area contributed by atoms with E-state index in [0.29, 0.717) is 12.0 Å². The molecule has 0 saturated heterocycles. The molecule has 2 N–H and O–H groups in total. The highest BCUT2D eigenvalue weighted by molar-refractivity contribution is 5.71. The van der Waals surface area contributed by atoms with Gasteiger partial charge in [0.2, 0.25) is 0 Å². The number of nitrogens with zero attached hydrogens (tertiary/aromatic N) is 4. The standard InChI is InChI=1S/C15H19N5O/c21-9-10-2-1-3-14(10)20-8-11(6-18-20)13-7-17-19-15-12(13)4-5-16-15/h6-8,10,14,21H,1-5,9H2,(H,16,19). The van der Waals surface area contributed by atoms with E-state index in [1.165, 1.54) is 12.0 Å². The summed E-state index contributed by atoms with van der Waals surface area (Å²) in [5.41, 5.74) is 3.44. The lowest BCUT2D eigenvalue weighted by molar-refractivity contribution is 0.190. The van der Waals surface area contributed by atoms with E-state index in [-0.39, 0.29) is 6.61 Å². The van der Waals surface area contributed by atoms with E-state index in [2.05, 4.69) is 26.8 Å². The van der Waals surface area contributed by atoms with Crippen LogP contribution in [0.1, 0.15) is 30.9 Å². The number of aliphatic hydroxyl groups excluding tert-OH is 1. The van der Waals surface area contributed by atoms with Gasteiger partial charge in [0.15, 0.2) is 5.82 Å². The Morgan fingerprint density at radius 1 is 1.33 bits per heavy atom. The Morgan fingerprint density at radius 3 is 3.19 bits per heavy atom. The monoisotopic (exact) mass is 285 g/mol. The molecule has 0 amide bonds. The summed E-state index contributed by atoms with van der Waals surface area (Å²) in [7, 11) is 0. The molecule has 0 aromatic carbocycles. The highest BCUT2D eigenvalue weighted by Crippen LogP contribution is 2.36. The summed E-state index contributed by atoms with van der Waals surface area (Å²) >= 11 is 0. The SMILES string of the molecule is OCC1CCCC1n1cc(-c2cnnc3c2CCN3)cn1. The average molecular weight is 285 g/mol. The second-order valence-electron chi connectivity index (χ2n) is 5.91. The molecule has 21 heavy (non-hydrogen) atoms. The van der Waals surface area contributed by atoms with Gasteiger partial charge in [0.05, 0.1) is 18.4 Å². The van der Waals surface area contributed by atoms with Crippen LogP contribution in [-0.4, -0.2) is 38.2 Å². The molecule has 1 aliphatic carbocycles. The zero-order valence-corrected chi connectivity index (χ0v) is 11.9. The third kappa shape index (κ3) is 2.10. The first kappa shape index (κ1) is 12.8. The molecule has 0 radical (unpaired) electrons. The average Bonchev–Trinajstić information content (AvgIpc) is 3.24. The number of anilines is 1. The minimum atomic E-state index is 0.246. The quantitative estimate of drug-likeness (QED) is 0.896. The molecule has 110 valence electrons. The van der Waals surface area contributed by atoms with Crippen molar-refractivity contribution in [3.05, 3.63) is 24.2 Å². The molecule has 2 aromatic rings. The second kappa shape index (κ2) is 5.11. The topological polar surface area (TPSA) is 75.9 Å². The first-order chi connectivity index (χ1) is 10.4. The van der Waals surface area contributed by atoms with E-state index in [9.17, 15) is 5.11 Å². The van der Waals surface area contributed by atoms with Crippen molar-refractivity contribution in [2.24, 2.45) is 5.92 Å². The minimum Gasteiger partial charge on any atom is -0.396 e. The van der Waals surface area contributed by atoms with E-state index in [1.54, 1.807) is 0 Å². The van der Waals surface area contributed by atoms with Crippen molar-refractivity contribution in [2.75, 3.05) is 18.5 Å². The third-order valence-electron chi connectivity index (χ3n) is 4.73. The van der Waals surface area contributed by atoms with Crippen LogP contribution in [0.3, 0.4) is 0 Å². The Balaban J connectivity index is 1.68. The van der Waals surface area contributed by atoms with Crippen molar-refractivity contribution in [2.45, 2.75) is 31.7 Å². The maximum atomic E-state index is 9.48. The molecule has 0 spiro atoms. The van der Waals surface area contributed by atoms with E-state index in [1.807, 2.05) is 17.1 Å². The molecule has 6 heteroatoms. The van der Waals surface area contributed by atoms with Gasteiger partial charge in [-0.15, -0.1) is 5.10 Å². The molecule has 4 rings (SSSR count). The van der Waals surface area contributed by atoms with Gasteiger partial charge in [0.1, 0.15) is 0 Å². The lowest BCUT2D eigenvalue weighted by atomic mass is 10.0. The largest absolute Gasteiger partial charge is 0.396 e. The molecule has 2 aliphatic rings. The van der Waals surface area contributed by atoms with Crippen LogP contribution in [0.5, 0.6) is 0 Å². The van der Waals surface area contributed by atoms with Gasteiger partial charge in [0.25, 0.3) is 0 Å². The van der Waals surface area contributed by atoms with Gasteiger partial charge in [0, 0.05) is 42.0 Å². The van der Waals surface area contributed by atoms with E-state index < -0.39 is 0 Å². The Bertz CT molecular complexity index is 653. The van der Waals surface area contributed by atoms with Crippen molar-refractivity contribution < 1.29 is 5.11 Å². The van der Waals surface area contributed by atoms with Crippen molar-refractivity contribution >= 4 is 5.82 Å². The Kier molecular flexibility index (Phi) is 3.11. The van der Waals surface area contributed by atoms with E-state index in [0.717, 1.165) is 42.8 Å². The van der Waals surface area contributed by atoms with Crippen LogP contribution in [0.25, 0.3) is 11.1 Å². The molecule has 0 bridgehead atoms. The predicted octanol–water partition coefficient (Wildman–Crippen LogP) is 1.64. The van der Waals surface area contributed by atoms with Gasteiger partial charge >= 0.3 is 0 Å². The highest BCUT2D eigenvalue weighted by atomic mass is 16.3. The molecule has 3 heterocycles. The summed E-state index contributed by atoms with van der Waals surface area (Å²) in [5.74, 6) is 1.23. The Labute approximate surface area is 123 Å². The summed E-state index contributed by atoms with van der Waals surface area (Å²) in [4.78, 5) is 0. The normalized spacial score (nSPS) is 24.0. The number of rotatable bonds is 3. The van der Waals surface area contributed by atoms with E-state index in [4.69, 9.17) is 0 Å². The Hall–Kier alpha value is -1.95.